The number of aromatic nitrogens is 1. The Bertz CT molecular complexity index is 878. The van der Waals surface area contributed by atoms with Gasteiger partial charge in [0, 0.05) is 11.3 Å². The number of anilines is 1. The van der Waals surface area contributed by atoms with Crippen molar-refractivity contribution in [1.29, 1.82) is 5.26 Å². The normalized spacial score (nSPS) is 17.0. The van der Waals surface area contributed by atoms with Crippen LogP contribution in [0.1, 0.15) is 44.0 Å². The number of fused-ring (bicyclic) bond motifs is 1. The minimum absolute atomic E-state index is 0.173. The number of nitrogens with zero attached hydrogens (tertiary/aromatic N) is 2. The molecule has 1 heterocycles. The van der Waals surface area contributed by atoms with Crippen LogP contribution in [0.4, 0.5) is 10.2 Å². The summed E-state index contributed by atoms with van der Waals surface area (Å²) in [5, 5.41) is 9.66. The molecule has 1 aromatic carbocycles. The summed E-state index contributed by atoms with van der Waals surface area (Å²) in [4.78, 5) is 4.50. The van der Waals surface area contributed by atoms with E-state index in [0.29, 0.717) is 16.0 Å². The van der Waals surface area contributed by atoms with Crippen molar-refractivity contribution >= 4 is 21.7 Å². The van der Waals surface area contributed by atoms with Gasteiger partial charge in [-0.2, -0.15) is 5.26 Å². The highest BCUT2D eigenvalue weighted by atomic mass is 79.9. The zero-order valence-corrected chi connectivity index (χ0v) is 16.2. The number of nitriles is 1. The molecular weight excluding hydrogens is 381 g/mol. The second kappa shape index (κ2) is 6.42. The average Bonchev–Trinajstić information content (AvgIpc) is 2.55. The molecule has 2 N–H and O–H groups in total. The minimum atomic E-state index is -0.328. The van der Waals surface area contributed by atoms with Crippen molar-refractivity contribution in [1.82, 2.24) is 4.98 Å². The third kappa shape index (κ3) is 3.28. The van der Waals surface area contributed by atoms with Crippen LogP contribution in [-0.2, 0) is 12.8 Å². The lowest BCUT2D eigenvalue weighted by atomic mass is 9.70. The lowest BCUT2D eigenvalue weighted by Gasteiger charge is -2.35. The zero-order valence-electron chi connectivity index (χ0n) is 14.7. The van der Waals surface area contributed by atoms with Crippen LogP contribution in [0.2, 0.25) is 0 Å². The van der Waals surface area contributed by atoms with Gasteiger partial charge >= 0.3 is 0 Å². The molecule has 1 unspecified atom stereocenters. The molecule has 0 saturated heterocycles. The predicted molar refractivity (Wildman–Crippen MR) is 101 cm³/mol. The zero-order chi connectivity index (χ0) is 18.4. The average molecular weight is 402 g/mol. The van der Waals surface area contributed by atoms with E-state index >= 15 is 0 Å². The van der Waals surface area contributed by atoms with Gasteiger partial charge in [-0.1, -0.05) is 26.8 Å². The van der Waals surface area contributed by atoms with Gasteiger partial charge in [0.05, 0.1) is 4.47 Å². The van der Waals surface area contributed by atoms with Crippen LogP contribution in [-0.4, -0.2) is 4.98 Å². The van der Waals surface area contributed by atoms with Crippen molar-refractivity contribution in [3.05, 3.63) is 45.3 Å². The highest BCUT2D eigenvalue weighted by Crippen LogP contribution is 2.42. The maximum absolute atomic E-state index is 13.7. The molecule has 0 amide bonds. The molecule has 0 aliphatic heterocycles. The first-order valence-electron chi connectivity index (χ1n) is 8.39. The van der Waals surface area contributed by atoms with E-state index < -0.39 is 0 Å². The van der Waals surface area contributed by atoms with Crippen LogP contribution in [0.25, 0.3) is 11.1 Å². The van der Waals surface area contributed by atoms with Gasteiger partial charge in [-0.15, -0.1) is 0 Å². The van der Waals surface area contributed by atoms with E-state index in [1.807, 2.05) is 0 Å². The molecule has 3 nitrogen and oxygen atoms in total. The van der Waals surface area contributed by atoms with Crippen molar-refractivity contribution in [2.45, 2.75) is 40.0 Å². The fourth-order valence-electron chi connectivity index (χ4n) is 3.60. The number of hydrogen-bond acceptors (Lipinski definition) is 3. The Morgan fingerprint density at radius 1 is 1.36 bits per heavy atom. The molecule has 2 aromatic rings. The molecule has 0 saturated carbocycles. The number of benzene rings is 1. The molecule has 0 radical (unpaired) electrons. The highest BCUT2D eigenvalue weighted by molar-refractivity contribution is 9.10. The summed E-state index contributed by atoms with van der Waals surface area (Å²) in [5.74, 6) is 0.427. The van der Waals surface area contributed by atoms with Crippen molar-refractivity contribution in [3.8, 4) is 17.2 Å². The summed E-state index contributed by atoms with van der Waals surface area (Å²) in [6.07, 6.45) is 2.76. The fourth-order valence-corrected chi connectivity index (χ4v) is 3.98. The van der Waals surface area contributed by atoms with Crippen molar-refractivity contribution in [2.75, 3.05) is 5.73 Å². The van der Waals surface area contributed by atoms with Gasteiger partial charge in [0.15, 0.2) is 0 Å². The van der Waals surface area contributed by atoms with Gasteiger partial charge in [0.25, 0.3) is 0 Å². The third-order valence-electron chi connectivity index (χ3n) is 5.14. The molecule has 1 atom stereocenters. The Hall–Kier alpha value is -1.93. The van der Waals surface area contributed by atoms with Gasteiger partial charge in [-0.05, 0) is 69.8 Å². The summed E-state index contributed by atoms with van der Waals surface area (Å²) in [7, 11) is 0. The maximum Gasteiger partial charge on any atom is 0.142 e. The number of halogens is 2. The van der Waals surface area contributed by atoms with Gasteiger partial charge in [0.2, 0.25) is 0 Å². The van der Waals surface area contributed by atoms with Gasteiger partial charge < -0.3 is 5.73 Å². The lowest BCUT2D eigenvalue weighted by molar-refractivity contribution is 0.215. The van der Waals surface area contributed by atoms with Crippen molar-refractivity contribution in [3.63, 3.8) is 0 Å². The molecule has 130 valence electrons. The number of nitrogen functional groups attached to an aromatic ring is 1. The van der Waals surface area contributed by atoms with Crippen LogP contribution in [0, 0.1) is 28.5 Å². The molecule has 1 aliphatic rings. The van der Waals surface area contributed by atoms with E-state index in [1.165, 1.54) is 6.07 Å². The van der Waals surface area contributed by atoms with E-state index in [0.717, 1.165) is 41.6 Å². The quantitative estimate of drug-likeness (QED) is 0.708. The molecule has 5 heteroatoms. The van der Waals surface area contributed by atoms with Crippen LogP contribution < -0.4 is 5.73 Å². The highest BCUT2D eigenvalue weighted by Gasteiger charge is 2.32. The topological polar surface area (TPSA) is 62.7 Å². The van der Waals surface area contributed by atoms with Gasteiger partial charge in [0.1, 0.15) is 23.3 Å². The Balaban J connectivity index is 2.25. The smallest absolute Gasteiger partial charge is 0.142 e. The number of hydrogen-bond donors (Lipinski definition) is 1. The van der Waals surface area contributed by atoms with Gasteiger partial charge in [-0.25, -0.2) is 9.37 Å². The molecule has 1 aromatic heterocycles. The summed E-state index contributed by atoms with van der Waals surface area (Å²) < 4.78 is 14.1. The molecule has 25 heavy (non-hydrogen) atoms. The Morgan fingerprint density at radius 2 is 2.08 bits per heavy atom. The predicted octanol–water partition coefficient (Wildman–Crippen LogP) is 5.26. The summed E-state index contributed by atoms with van der Waals surface area (Å²) in [6.45, 7) is 6.73. The number of pyridine rings is 1. The van der Waals surface area contributed by atoms with Crippen molar-refractivity contribution in [2.24, 2.45) is 11.3 Å². The molecule has 0 fully saturated rings. The van der Waals surface area contributed by atoms with Crippen LogP contribution in [0.5, 0.6) is 0 Å². The maximum atomic E-state index is 13.7. The fraction of sp³-hybridized carbons (Fsp3) is 0.400. The largest absolute Gasteiger partial charge is 0.383 e. The first-order valence-corrected chi connectivity index (χ1v) is 9.18. The van der Waals surface area contributed by atoms with Crippen LogP contribution in [0.3, 0.4) is 0 Å². The number of rotatable bonds is 1. The van der Waals surface area contributed by atoms with E-state index in [9.17, 15) is 9.65 Å². The molecule has 0 bridgehead atoms. The van der Waals surface area contributed by atoms with E-state index in [1.54, 1.807) is 12.1 Å². The number of aryl methyl sites for hydroxylation is 1. The van der Waals surface area contributed by atoms with E-state index in [2.05, 4.69) is 47.8 Å². The van der Waals surface area contributed by atoms with E-state index in [4.69, 9.17) is 5.73 Å². The summed E-state index contributed by atoms with van der Waals surface area (Å²) >= 11 is 3.24. The second-order valence-electron chi connectivity index (χ2n) is 7.72. The van der Waals surface area contributed by atoms with Crippen molar-refractivity contribution < 1.29 is 4.39 Å². The second-order valence-corrected chi connectivity index (χ2v) is 8.57. The Labute approximate surface area is 156 Å². The molecule has 3 rings (SSSR count). The summed E-state index contributed by atoms with van der Waals surface area (Å²) in [5.41, 5.74) is 10.3. The van der Waals surface area contributed by atoms with E-state index in [-0.39, 0.29) is 17.1 Å². The molecule has 1 aliphatic carbocycles. The molecule has 0 spiro atoms. The first kappa shape index (κ1) is 17.9. The third-order valence-corrected chi connectivity index (χ3v) is 5.74. The minimum Gasteiger partial charge on any atom is -0.383 e. The first-order chi connectivity index (χ1) is 11.7. The monoisotopic (exact) mass is 401 g/mol. The molecular formula is C20H21BrFN3. The SMILES string of the molecule is CC(C)(C)C1CCc2nc(N)c(C#N)c(-c3ccc(F)c(Br)c3)c2C1. The number of nitrogens with two attached hydrogens (primary N) is 1. The Kier molecular flexibility index (Phi) is 4.59. The summed E-state index contributed by atoms with van der Waals surface area (Å²) in [6, 6.07) is 7.03. The van der Waals surface area contributed by atoms with Gasteiger partial charge in [-0.3, -0.25) is 0 Å². The van der Waals surface area contributed by atoms with Crippen LogP contribution >= 0.6 is 15.9 Å². The van der Waals surface area contributed by atoms with Crippen LogP contribution in [0.15, 0.2) is 22.7 Å². The lowest BCUT2D eigenvalue weighted by Crippen LogP contribution is -2.28. The Morgan fingerprint density at radius 3 is 2.68 bits per heavy atom. The standard InChI is InChI=1S/C20H21BrFN3/c1-20(2,3)12-5-7-17-13(9-12)18(14(10-23)19(24)25-17)11-4-6-16(22)15(21)8-11/h4,6,8,12H,5,7,9H2,1-3H3,(H2,24,25).